The third kappa shape index (κ3) is 4.85. The van der Waals surface area contributed by atoms with Crippen LogP contribution in [-0.4, -0.2) is 31.2 Å². The van der Waals surface area contributed by atoms with Gasteiger partial charge in [0.2, 0.25) is 0 Å². The Labute approximate surface area is 228 Å². The Morgan fingerprint density at radius 2 is 1.84 bits per heavy atom. The van der Waals surface area contributed by atoms with E-state index in [0.29, 0.717) is 37.1 Å². The molecule has 0 saturated heterocycles. The number of benzene rings is 2. The second-order valence-corrected chi connectivity index (χ2v) is 10.4. The van der Waals surface area contributed by atoms with E-state index in [0.717, 1.165) is 16.8 Å². The van der Waals surface area contributed by atoms with E-state index in [4.69, 9.17) is 20.8 Å². The third-order valence-electron chi connectivity index (χ3n) is 6.27. The van der Waals surface area contributed by atoms with E-state index in [1.807, 2.05) is 67.5 Å². The fourth-order valence-corrected chi connectivity index (χ4v) is 5.54. The first-order valence-electron chi connectivity index (χ1n) is 12.1. The van der Waals surface area contributed by atoms with Crippen LogP contribution in [0, 0.1) is 0 Å². The maximum absolute atomic E-state index is 13.8. The van der Waals surface area contributed by atoms with Crippen molar-refractivity contribution in [3.05, 3.63) is 108 Å². The van der Waals surface area contributed by atoms with Crippen LogP contribution in [0.3, 0.4) is 0 Å². The molecule has 0 amide bonds. The number of furan rings is 1. The molecule has 0 spiro atoms. The van der Waals surface area contributed by atoms with Gasteiger partial charge in [-0.05, 0) is 67.9 Å². The average Bonchev–Trinajstić information content (AvgIpc) is 3.48. The summed E-state index contributed by atoms with van der Waals surface area (Å²) in [7, 11) is 3.92. The molecule has 0 N–H and O–H groups in total. The van der Waals surface area contributed by atoms with Gasteiger partial charge in [0.1, 0.15) is 11.5 Å². The zero-order chi connectivity index (χ0) is 27.0. The quantitative estimate of drug-likeness (QED) is 0.325. The number of ether oxygens (including phenoxy) is 1. The first-order valence-corrected chi connectivity index (χ1v) is 13.3. The molecular weight excluding hydrogens is 522 g/mol. The number of aromatic nitrogens is 1. The zero-order valence-electron chi connectivity index (χ0n) is 21.4. The summed E-state index contributed by atoms with van der Waals surface area (Å²) >= 11 is 7.26. The number of thiazole rings is 1. The van der Waals surface area contributed by atoms with Crippen molar-refractivity contribution in [2.75, 3.05) is 25.6 Å². The molecule has 7 nitrogen and oxygen atoms in total. The van der Waals surface area contributed by atoms with Gasteiger partial charge in [0.15, 0.2) is 4.80 Å². The molecule has 0 unspecified atom stereocenters. The monoisotopic (exact) mass is 547 g/mol. The normalized spacial score (nSPS) is 15.3. The van der Waals surface area contributed by atoms with Gasteiger partial charge in [0, 0.05) is 36.4 Å². The molecule has 9 heteroatoms. The van der Waals surface area contributed by atoms with E-state index in [9.17, 15) is 9.59 Å². The topological polar surface area (TPSA) is 77.0 Å². The molecule has 3 heterocycles. The second kappa shape index (κ2) is 10.5. The fraction of sp³-hybridized carbons (Fsp3) is 0.207. The van der Waals surface area contributed by atoms with Crippen LogP contribution >= 0.6 is 22.9 Å². The minimum Gasteiger partial charge on any atom is -0.463 e. The molecule has 0 bridgehead atoms. The van der Waals surface area contributed by atoms with Gasteiger partial charge in [0.25, 0.3) is 5.56 Å². The number of nitrogens with zero attached hydrogens (tertiary/aromatic N) is 3. The molecule has 1 atom stereocenters. The first-order chi connectivity index (χ1) is 18.3. The number of fused-ring (bicyclic) bond motifs is 1. The molecule has 0 saturated carbocycles. The number of anilines is 1. The largest absolute Gasteiger partial charge is 0.463 e. The lowest BCUT2D eigenvalue weighted by molar-refractivity contribution is -0.139. The Bertz CT molecular complexity index is 1710. The van der Waals surface area contributed by atoms with Crippen molar-refractivity contribution in [2.45, 2.75) is 19.9 Å². The highest BCUT2D eigenvalue weighted by atomic mass is 35.5. The number of esters is 1. The van der Waals surface area contributed by atoms with Crippen LogP contribution in [0.4, 0.5) is 5.69 Å². The van der Waals surface area contributed by atoms with Crippen molar-refractivity contribution >= 4 is 40.7 Å². The fourth-order valence-electron chi connectivity index (χ4n) is 4.39. The summed E-state index contributed by atoms with van der Waals surface area (Å²) < 4.78 is 13.4. The van der Waals surface area contributed by atoms with Gasteiger partial charge >= 0.3 is 5.97 Å². The smallest absolute Gasteiger partial charge is 0.338 e. The van der Waals surface area contributed by atoms with Crippen LogP contribution in [0.25, 0.3) is 17.4 Å². The summed E-state index contributed by atoms with van der Waals surface area (Å²) in [6.07, 6.45) is 1.71. The van der Waals surface area contributed by atoms with Gasteiger partial charge < -0.3 is 14.1 Å². The van der Waals surface area contributed by atoms with E-state index in [2.05, 4.69) is 4.99 Å². The second-order valence-electron chi connectivity index (χ2n) is 9.00. The lowest BCUT2D eigenvalue weighted by Crippen LogP contribution is -2.39. The molecular formula is C29H26ClN3O4S. The van der Waals surface area contributed by atoms with Crippen molar-refractivity contribution in [1.82, 2.24) is 4.57 Å². The maximum atomic E-state index is 13.8. The molecule has 0 fully saturated rings. The highest BCUT2D eigenvalue weighted by Gasteiger charge is 2.33. The summed E-state index contributed by atoms with van der Waals surface area (Å²) in [6.45, 7) is 3.75. The minimum atomic E-state index is -0.662. The number of hydrogen-bond acceptors (Lipinski definition) is 7. The predicted octanol–water partition coefficient (Wildman–Crippen LogP) is 4.78. The molecule has 0 radical (unpaired) electrons. The number of allylic oxidation sites excluding steroid dienone is 1. The maximum Gasteiger partial charge on any atom is 0.338 e. The molecule has 38 heavy (non-hydrogen) atoms. The first kappa shape index (κ1) is 25.8. The third-order valence-corrected chi connectivity index (χ3v) is 7.51. The Morgan fingerprint density at radius 1 is 1.13 bits per heavy atom. The van der Waals surface area contributed by atoms with Gasteiger partial charge in [-0.15, -0.1) is 0 Å². The number of carbonyl (C=O) groups excluding carboxylic acids is 1. The average molecular weight is 548 g/mol. The van der Waals surface area contributed by atoms with E-state index in [1.54, 1.807) is 36.6 Å². The summed E-state index contributed by atoms with van der Waals surface area (Å²) in [4.78, 5) is 33.9. The lowest BCUT2D eigenvalue weighted by Gasteiger charge is -2.25. The lowest BCUT2D eigenvalue weighted by atomic mass is 9.95. The van der Waals surface area contributed by atoms with E-state index >= 15 is 0 Å². The molecule has 2 aromatic carbocycles. The zero-order valence-corrected chi connectivity index (χ0v) is 23.0. The van der Waals surface area contributed by atoms with Crippen LogP contribution in [0.2, 0.25) is 5.02 Å². The number of carbonyl (C=O) groups is 1. The SMILES string of the molecule is CCOC(=O)C1=C(C)N=c2s/c(=C/c3ccc(-c4ccc(Cl)cc4)o3)c(=O)n2[C@@H]1c1ccc(N(C)C)cc1. The highest BCUT2D eigenvalue weighted by molar-refractivity contribution is 7.07. The number of rotatable bonds is 6. The van der Waals surface area contributed by atoms with Crippen molar-refractivity contribution < 1.29 is 13.9 Å². The van der Waals surface area contributed by atoms with Crippen molar-refractivity contribution in [3.8, 4) is 11.3 Å². The van der Waals surface area contributed by atoms with Crippen LogP contribution in [0.5, 0.6) is 0 Å². The molecule has 0 aliphatic carbocycles. The van der Waals surface area contributed by atoms with Crippen LogP contribution < -0.4 is 19.8 Å². The summed E-state index contributed by atoms with van der Waals surface area (Å²) in [5, 5.41) is 0.644. The van der Waals surface area contributed by atoms with Crippen molar-refractivity contribution in [3.63, 3.8) is 0 Å². The predicted molar refractivity (Wildman–Crippen MR) is 150 cm³/mol. The standard InChI is InChI=1S/C29H26ClN3O4S/c1-5-36-28(35)25-17(2)31-29-33(26(25)19-8-12-21(13-9-19)32(3)4)27(34)24(38-29)16-22-14-15-23(37-22)18-6-10-20(30)11-7-18/h6-16,26H,5H2,1-4H3/b24-16+/t26-/m1/s1. The molecule has 1 aliphatic heterocycles. The van der Waals surface area contributed by atoms with E-state index in [-0.39, 0.29) is 12.2 Å². The van der Waals surface area contributed by atoms with Crippen molar-refractivity contribution in [1.29, 1.82) is 0 Å². The molecule has 1 aliphatic rings. The molecule has 4 aromatic rings. The van der Waals surface area contributed by atoms with Gasteiger partial charge in [-0.25, -0.2) is 9.79 Å². The number of halogens is 1. The summed E-state index contributed by atoms with van der Waals surface area (Å²) in [6, 6.07) is 18.1. The Balaban J connectivity index is 1.62. The van der Waals surface area contributed by atoms with Gasteiger partial charge in [-0.2, -0.15) is 0 Å². The van der Waals surface area contributed by atoms with E-state index in [1.165, 1.54) is 11.3 Å². The molecule has 5 rings (SSSR count). The Hall–Kier alpha value is -3.88. The minimum absolute atomic E-state index is 0.223. The van der Waals surface area contributed by atoms with Crippen LogP contribution in [-0.2, 0) is 9.53 Å². The molecule has 194 valence electrons. The Morgan fingerprint density at radius 3 is 2.50 bits per heavy atom. The molecule has 2 aromatic heterocycles. The van der Waals surface area contributed by atoms with Gasteiger partial charge in [-0.1, -0.05) is 35.1 Å². The van der Waals surface area contributed by atoms with Crippen LogP contribution in [0.1, 0.15) is 31.2 Å². The summed E-state index contributed by atoms with van der Waals surface area (Å²) in [5.74, 6) is 0.719. The highest BCUT2D eigenvalue weighted by Crippen LogP contribution is 2.31. The van der Waals surface area contributed by atoms with E-state index < -0.39 is 12.0 Å². The van der Waals surface area contributed by atoms with Crippen molar-refractivity contribution in [2.24, 2.45) is 4.99 Å². The Kier molecular flexibility index (Phi) is 7.10. The van der Waals surface area contributed by atoms with Gasteiger partial charge in [-0.3, -0.25) is 9.36 Å². The number of hydrogen-bond donors (Lipinski definition) is 0. The summed E-state index contributed by atoms with van der Waals surface area (Å²) in [5.41, 5.74) is 3.31. The van der Waals surface area contributed by atoms with Crippen LogP contribution in [0.15, 0.2) is 86.1 Å². The van der Waals surface area contributed by atoms with Gasteiger partial charge in [0.05, 0.1) is 28.5 Å².